The van der Waals surface area contributed by atoms with Crippen LogP contribution in [0.3, 0.4) is 0 Å². The highest BCUT2D eigenvalue weighted by Crippen LogP contribution is 2.31. The lowest BCUT2D eigenvalue weighted by Gasteiger charge is -2.29. The van der Waals surface area contributed by atoms with Crippen LogP contribution >= 0.6 is 11.3 Å². The number of fused-ring (bicyclic) bond motifs is 1. The summed E-state index contributed by atoms with van der Waals surface area (Å²) in [4.78, 5) is 13.3. The van der Waals surface area contributed by atoms with Gasteiger partial charge in [-0.15, -0.1) is 11.3 Å². The van der Waals surface area contributed by atoms with Gasteiger partial charge in [-0.2, -0.15) is 13.2 Å². The molecule has 1 fully saturated rings. The van der Waals surface area contributed by atoms with Gasteiger partial charge in [0.05, 0.1) is 6.04 Å². The average Bonchev–Trinajstić information content (AvgIpc) is 3.13. The second-order valence-electron chi connectivity index (χ2n) is 5.49. The Labute approximate surface area is 134 Å². The van der Waals surface area contributed by atoms with Gasteiger partial charge in [-0.1, -0.05) is 0 Å². The van der Waals surface area contributed by atoms with Gasteiger partial charge in [0.1, 0.15) is 0 Å². The topological polar surface area (TPSA) is 52.6 Å². The van der Waals surface area contributed by atoms with Crippen molar-refractivity contribution in [3.05, 3.63) is 29.6 Å². The molecular weight excluding hydrogens is 329 g/mol. The summed E-state index contributed by atoms with van der Waals surface area (Å²) in [6.07, 6.45) is -6.68. The predicted molar refractivity (Wildman–Crippen MR) is 82.6 cm³/mol. The maximum atomic E-state index is 12.7. The van der Waals surface area contributed by atoms with Gasteiger partial charge in [0.15, 0.2) is 6.10 Å². The Kier molecular flexibility index (Phi) is 4.20. The summed E-state index contributed by atoms with van der Waals surface area (Å²) < 4.78 is 39.2. The van der Waals surface area contributed by atoms with Crippen LogP contribution in [0.4, 0.5) is 23.7 Å². The summed E-state index contributed by atoms with van der Waals surface area (Å²) >= 11 is 1.57. The standard InChI is InChI=1S/C15H15F3N2O2S/c16-15(17,18)13(21)11-2-1-6-20(11)14(22)19-10-3-4-12-9(8-10)5-7-23-12/h3-5,7-8,11,13,21H,1-2,6H2,(H,19,22)/t11-,13-/m0/s1. The SMILES string of the molecule is O=C(Nc1ccc2sccc2c1)N1CCC[C@H]1[C@H](O)C(F)(F)F. The van der Waals surface area contributed by atoms with Gasteiger partial charge in [0, 0.05) is 16.9 Å². The minimum absolute atomic E-state index is 0.137. The summed E-state index contributed by atoms with van der Waals surface area (Å²) in [6, 6.07) is 5.38. The fourth-order valence-corrected chi connectivity index (χ4v) is 3.60. The number of alkyl halides is 3. The zero-order valence-corrected chi connectivity index (χ0v) is 12.8. The van der Waals surface area contributed by atoms with Crippen molar-refractivity contribution in [3.8, 4) is 0 Å². The molecule has 1 aliphatic rings. The van der Waals surface area contributed by atoms with E-state index in [1.54, 1.807) is 23.5 Å². The summed E-state index contributed by atoms with van der Waals surface area (Å²) in [6.45, 7) is 0.199. The van der Waals surface area contributed by atoms with Crippen molar-refractivity contribution in [2.24, 2.45) is 0 Å². The van der Waals surface area contributed by atoms with Gasteiger partial charge in [0.2, 0.25) is 0 Å². The van der Waals surface area contributed by atoms with Gasteiger partial charge in [0.25, 0.3) is 0 Å². The fraction of sp³-hybridized carbons (Fsp3) is 0.400. The molecule has 0 radical (unpaired) electrons. The first-order valence-electron chi connectivity index (χ1n) is 7.16. The Morgan fingerprint density at radius 3 is 2.91 bits per heavy atom. The number of carbonyl (C=O) groups is 1. The first-order chi connectivity index (χ1) is 10.9. The Bertz CT molecular complexity index is 716. The number of benzene rings is 1. The second-order valence-corrected chi connectivity index (χ2v) is 6.44. The normalized spacial score (nSPS) is 20.0. The predicted octanol–water partition coefficient (Wildman–Crippen LogP) is 3.82. The Morgan fingerprint density at radius 2 is 2.17 bits per heavy atom. The summed E-state index contributed by atoms with van der Waals surface area (Å²) in [7, 11) is 0. The van der Waals surface area contributed by atoms with E-state index in [1.165, 1.54) is 0 Å². The molecule has 2 amide bonds. The number of likely N-dealkylation sites (tertiary alicyclic amines) is 1. The first-order valence-corrected chi connectivity index (χ1v) is 8.04. The van der Waals surface area contributed by atoms with Crippen LogP contribution < -0.4 is 5.32 Å². The number of hydrogen-bond acceptors (Lipinski definition) is 3. The Hall–Kier alpha value is -1.80. The van der Waals surface area contributed by atoms with Crippen LogP contribution in [0.2, 0.25) is 0 Å². The van der Waals surface area contributed by atoms with Crippen LogP contribution in [0.5, 0.6) is 0 Å². The number of aliphatic hydroxyl groups excluding tert-OH is 1. The number of halogens is 3. The molecule has 0 spiro atoms. The third-order valence-electron chi connectivity index (χ3n) is 3.96. The molecule has 1 aromatic heterocycles. The van der Waals surface area contributed by atoms with Crippen molar-refractivity contribution in [2.45, 2.75) is 31.2 Å². The van der Waals surface area contributed by atoms with Crippen LogP contribution in [0.15, 0.2) is 29.6 Å². The van der Waals surface area contributed by atoms with E-state index in [2.05, 4.69) is 5.32 Å². The van der Waals surface area contributed by atoms with Crippen molar-refractivity contribution in [2.75, 3.05) is 11.9 Å². The highest BCUT2D eigenvalue weighted by atomic mass is 32.1. The second kappa shape index (κ2) is 6.01. The first kappa shape index (κ1) is 16.1. The number of rotatable bonds is 2. The molecule has 0 unspecified atom stereocenters. The van der Waals surface area contributed by atoms with E-state index >= 15 is 0 Å². The number of aliphatic hydroxyl groups is 1. The highest BCUT2D eigenvalue weighted by molar-refractivity contribution is 7.17. The number of urea groups is 1. The molecule has 0 bridgehead atoms. The lowest BCUT2D eigenvalue weighted by molar-refractivity contribution is -0.216. The van der Waals surface area contributed by atoms with Crippen LogP contribution in [0.25, 0.3) is 10.1 Å². The van der Waals surface area contributed by atoms with Gasteiger partial charge in [-0.25, -0.2) is 4.79 Å². The molecule has 2 N–H and O–H groups in total. The number of anilines is 1. The molecule has 124 valence electrons. The minimum atomic E-state index is -4.73. The largest absolute Gasteiger partial charge is 0.416 e. The number of carbonyl (C=O) groups excluding carboxylic acids is 1. The van der Waals surface area contributed by atoms with Crippen molar-refractivity contribution in [3.63, 3.8) is 0 Å². The molecule has 1 aromatic carbocycles. The maximum absolute atomic E-state index is 12.7. The molecule has 2 atom stereocenters. The zero-order valence-electron chi connectivity index (χ0n) is 12.0. The van der Waals surface area contributed by atoms with Crippen LogP contribution in [-0.2, 0) is 0 Å². The molecule has 2 aromatic rings. The summed E-state index contributed by atoms with van der Waals surface area (Å²) in [5.74, 6) is 0. The highest BCUT2D eigenvalue weighted by Gasteiger charge is 2.48. The number of amides is 2. The van der Waals surface area contributed by atoms with E-state index in [1.807, 2.05) is 17.5 Å². The zero-order chi connectivity index (χ0) is 16.6. The number of thiophene rings is 1. The van der Waals surface area contributed by atoms with Crippen molar-refractivity contribution in [1.82, 2.24) is 4.90 Å². The van der Waals surface area contributed by atoms with Crippen molar-refractivity contribution < 1.29 is 23.1 Å². The van der Waals surface area contributed by atoms with Crippen molar-refractivity contribution >= 4 is 33.1 Å². The third-order valence-corrected chi connectivity index (χ3v) is 4.86. The van der Waals surface area contributed by atoms with E-state index in [0.717, 1.165) is 15.0 Å². The summed E-state index contributed by atoms with van der Waals surface area (Å²) in [5, 5.41) is 14.9. The molecule has 23 heavy (non-hydrogen) atoms. The van der Waals surface area contributed by atoms with E-state index in [4.69, 9.17) is 0 Å². The van der Waals surface area contributed by atoms with Crippen molar-refractivity contribution in [1.29, 1.82) is 0 Å². The van der Waals surface area contributed by atoms with Gasteiger partial charge in [-0.3, -0.25) is 0 Å². The number of nitrogens with zero attached hydrogens (tertiary/aromatic N) is 1. The van der Waals surface area contributed by atoms with E-state index in [9.17, 15) is 23.1 Å². The van der Waals surface area contributed by atoms with Gasteiger partial charge < -0.3 is 15.3 Å². The molecule has 4 nitrogen and oxygen atoms in total. The maximum Gasteiger partial charge on any atom is 0.416 e. The minimum Gasteiger partial charge on any atom is -0.382 e. The molecule has 8 heteroatoms. The summed E-state index contributed by atoms with van der Waals surface area (Å²) in [5.41, 5.74) is 0.521. The van der Waals surface area contributed by atoms with Crippen LogP contribution in [0.1, 0.15) is 12.8 Å². The Balaban J connectivity index is 1.73. The molecule has 2 heterocycles. The van der Waals surface area contributed by atoms with Crippen LogP contribution in [-0.4, -0.2) is 40.9 Å². The van der Waals surface area contributed by atoms with E-state index in [0.29, 0.717) is 12.1 Å². The molecule has 1 aliphatic heterocycles. The number of nitrogens with one attached hydrogen (secondary N) is 1. The average molecular weight is 344 g/mol. The van der Waals surface area contributed by atoms with Crippen LogP contribution in [0, 0.1) is 0 Å². The monoisotopic (exact) mass is 344 g/mol. The number of hydrogen-bond donors (Lipinski definition) is 2. The lowest BCUT2D eigenvalue weighted by Crippen LogP contribution is -2.50. The van der Waals surface area contributed by atoms with E-state index < -0.39 is 24.4 Å². The molecule has 3 rings (SSSR count). The lowest BCUT2D eigenvalue weighted by atomic mass is 10.1. The Morgan fingerprint density at radius 1 is 1.39 bits per heavy atom. The third kappa shape index (κ3) is 3.28. The fourth-order valence-electron chi connectivity index (χ4n) is 2.83. The van der Waals surface area contributed by atoms with Gasteiger partial charge in [-0.05, 0) is 47.9 Å². The quantitative estimate of drug-likeness (QED) is 0.870. The molecule has 1 saturated heterocycles. The smallest absolute Gasteiger partial charge is 0.382 e. The van der Waals surface area contributed by atoms with E-state index in [-0.39, 0.29) is 13.0 Å². The molecular formula is C15H15F3N2O2S. The molecule has 0 aliphatic carbocycles. The molecule has 0 saturated carbocycles. The van der Waals surface area contributed by atoms with Gasteiger partial charge >= 0.3 is 12.2 Å².